The van der Waals surface area contributed by atoms with Crippen molar-refractivity contribution in [1.29, 1.82) is 0 Å². The van der Waals surface area contributed by atoms with Crippen molar-refractivity contribution in [3.8, 4) is 0 Å². The fraction of sp³-hybridized carbons (Fsp3) is 0.286. The first-order valence-corrected chi connectivity index (χ1v) is 9.06. The second-order valence-electron chi connectivity index (χ2n) is 4.53. The van der Waals surface area contributed by atoms with Crippen molar-refractivity contribution in [2.24, 2.45) is 0 Å². The summed E-state index contributed by atoms with van der Waals surface area (Å²) in [6.07, 6.45) is 2.20. The van der Waals surface area contributed by atoms with Crippen LogP contribution in [0.15, 0.2) is 36.4 Å². The van der Waals surface area contributed by atoms with E-state index in [4.69, 9.17) is 0 Å². The maximum Gasteiger partial charge on any atom is 0.229 e. The van der Waals surface area contributed by atoms with Crippen LogP contribution in [0, 0.1) is 0 Å². The van der Waals surface area contributed by atoms with E-state index in [9.17, 15) is 8.42 Å². The van der Waals surface area contributed by atoms with Crippen molar-refractivity contribution in [1.82, 2.24) is 0 Å². The second-order valence-corrected chi connectivity index (χ2v) is 7.53. The third-order valence-corrected chi connectivity index (χ3v) is 4.53. The fourth-order valence-corrected chi connectivity index (χ4v) is 3.26. The fourth-order valence-electron chi connectivity index (χ4n) is 1.80. The minimum atomic E-state index is -3.24. The van der Waals surface area contributed by atoms with Crippen molar-refractivity contribution >= 4 is 32.7 Å². The van der Waals surface area contributed by atoms with Crippen molar-refractivity contribution in [2.75, 3.05) is 16.3 Å². The number of hydrogen-bond acceptors (Lipinski definition) is 4. The van der Waals surface area contributed by atoms with E-state index >= 15 is 0 Å². The third kappa shape index (κ3) is 4.54. The number of sulfonamides is 1. The van der Waals surface area contributed by atoms with Crippen LogP contribution in [0.4, 0.5) is 11.4 Å². The molecule has 0 spiro atoms. The molecule has 0 aliphatic carbocycles. The summed E-state index contributed by atoms with van der Waals surface area (Å²) in [5, 5.41) is 3.30. The van der Waals surface area contributed by atoms with Gasteiger partial charge in [-0.05, 0) is 36.8 Å². The average Bonchev–Trinajstić information content (AvgIpc) is 2.83. The number of nitrogens with one attached hydrogen (secondary N) is 2. The molecule has 6 heteroatoms. The number of benzene rings is 1. The molecular formula is C14H18N2O2S2. The Morgan fingerprint density at radius 3 is 2.45 bits per heavy atom. The van der Waals surface area contributed by atoms with Gasteiger partial charge in [0.1, 0.15) is 0 Å². The van der Waals surface area contributed by atoms with Crippen LogP contribution >= 0.6 is 11.3 Å². The van der Waals surface area contributed by atoms with Gasteiger partial charge in [0.05, 0.1) is 11.9 Å². The molecule has 1 heterocycles. The summed E-state index contributed by atoms with van der Waals surface area (Å²) in [7, 11) is -3.24. The number of rotatable bonds is 6. The van der Waals surface area contributed by atoms with Crippen LogP contribution in [0.25, 0.3) is 0 Å². The van der Waals surface area contributed by atoms with Crippen LogP contribution in [0.5, 0.6) is 0 Å². The van der Waals surface area contributed by atoms with E-state index in [0.717, 1.165) is 24.9 Å². The molecular weight excluding hydrogens is 292 g/mol. The highest BCUT2D eigenvalue weighted by Crippen LogP contribution is 2.20. The summed E-state index contributed by atoms with van der Waals surface area (Å²) in [5.74, 6) is 0. The molecule has 1 aromatic heterocycles. The standard InChI is InChI=1S/C14H18N2O2S2/c1-3-13-7-8-14(19-13)10-15-11-5-4-6-12(9-11)16-20(2,17)18/h4-9,15-16H,3,10H2,1-2H3. The van der Waals surface area contributed by atoms with Gasteiger partial charge in [-0.25, -0.2) is 8.42 Å². The topological polar surface area (TPSA) is 58.2 Å². The Bertz CT molecular complexity index is 678. The molecule has 0 aliphatic heterocycles. The maximum absolute atomic E-state index is 11.2. The van der Waals surface area contributed by atoms with Gasteiger partial charge in [0.15, 0.2) is 0 Å². The summed E-state index contributed by atoms with van der Waals surface area (Å²) >= 11 is 1.79. The summed E-state index contributed by atoms with van der Waals surface area (Å²) < 4.78 is 24.9. The lowest BCUT2D eigenvalue weighted by molar-refractivity contribution is 0.607. The minimum Gasteiger partial charge on any atom is -0.380 e. The molecule has 0 amide bonds. The lowest BCUT2D eigenvalue weighted by Gasteiger charge is -2.08. The number of hydrogen-bond donors (Lipinski definition) is 2. The zero-order chi connectivity index (χ0) is 14.6. The number of anilines is 2. The van der Waals surface area contributed by atoms with Crippen LogP contribution in [0.3, 0.4) is 0 Å². The maximum atomic E-state index is 11.2. The van der Waals surface area contributed by atoms with Crippen molar-refractivity contribution in [2.45, 2.75) is 19.9 Å². The Morgan fingerprint density at radius 1 is 1.10 bits per heavy atom. The Kier molecular flexibility index (Phi) is 4.67. The molecule has 0 saturated heterocycles. The normalized spacial score (nSPS) is 11.3. The molecule has 0 aliphatic rings. The van der Waals surface area contributed by atoms with Crippen molar-refractivity contribution in [3.63, 3.8) is 0 Å². The summed E-state index contributed by atoms with van der Waals surface area (Å²) in [6, 6.07) is 11.5. The Labute approximate surface area is 123 Å². The molecule has 20 heavy (non-hydrogen) atoms. The molecule has 0 bridgehead atoms. The predicted octanol–water partition coefficient (Wildman–Crippen LogP) is 3.29. The van der Waals surface area contributed by atoms with Gasteiger partial charge in [-0.1, -0.05) is 13.0 Å². The van der Waals surface area contributed by atoms with Crippen LogP contribution in [-0.4, -0.2) is 14.7 Å². The largest absolute Gasteiger partial charge is 0.380 e. The number of aryl methyl sites for hydroxylation is 1. The van der Waals surface area contributed by atoms with Gasteiger partial charge in [-0.3, -0.25) is 4.72 Å². The Balaban J connectivity index is 2.01. The average molecular weight is 310 g/mol. The first-order chi connectivity index (χ1) is 9.46. The molecule has 2 aromatic rings. The van der Waals surface area contributed by atoms with E-state index in [2.05, 4.69) is 29.1 Å². The zero-order valence-corrected chi connectivity index (χ0v) is 13.1. The van der Waals surface area contributed by atoms with E-state index in [1.165, 1.54) is 9.75 Å². The minimum absolute atomic E-state index is 0.568. The predicted molar refractivity (Wildman–Crippen MR) is 85.9 cm³/mol. The molecule has 4 nitrogen and oxygen atoms in total. The van der Waals surface area contributed by atoms with E-state index in [1.807, 2.05) is 12.1 Å². The molecule has 0 atom stereocenters. The smallest absolute Gasteiger partial charge is 0.229 e. The van der Waals surface area contributed by atoms with E-state index < -0.39 is 10.0 Å². The molecule has 0 fully saturated rings. The van der Waals surface area contributed by atoms with Crippen LogP contribution in [0.2, 0.25) is 0 Å². The van der Waals surface area contributed by atoms with Gasteiger partial charge in [-0.15, -0.1) is 11.3 Å². The first kappa shape index (κ1) is 14.9. The Morgan fingerprint density at radius 2 is 1.80 bits per heavy atom. The highest BCUT2D eigenvalue weighted by molar-refractivity contribution is 7.92. The van der Waals surface area contributed by atoms with E-state index in [1.54, 1.807) is 23.5 Å². The van der Waals surface area contributed by atoms with Crippen LogP contribution in [0.1, 0.15) is 16.7 Å². The molecule has 2 N–H and O–H groups in total. The second kappa shape index (κ2) is 6.28. The van der Waals surface area contributed by atoms with E-state index in [-0.39, 0.29) is 0 Å². The molecule has 108 valence electrons. The molecule has 2 rings (SSSR count). The SMILES string of the molecule is CCc1ccc(CNc2cccc(NS(C)(=O)=O)c2)s1. The van der Waals surface area contributed by atoms with Gasteiger partial charge < -0.3 is 5.32 Å². The van der Waals surface area contributed by atoms with Gasteiger partial charge >= 0.3 is 0 Å². The summed E-state index contributed by atoms with van der Waals surface area (Å²) in [6.45, 7) is 2.89. The summed E-state index contributed by atoms with van der Waals surface area (Å²) in [5.41, 5.74) is 1.46. The monoisotopic (exact) mass is 310 g/mol. The highest BCUT2D eigenvalue weighted by Gasteiger charge is 2.03. The van der Waals surface area contributed by atoms with Crippen LogP contribution in [-0.2, 0) is 23.0 Å². The van der Waals surface area contributed by atoms with Gasteiger partial charge in [0.2, 0.25) is 10.0 Å². The van der Waals surface area contributed by atoms with Gasteiger partial charge in [-0.2, -0.15) is 0 Å². The van der Waals surface area contributed by atoms with Crippen molar-refractivity contribution < 1.29 is 8.42 Å². The quantitative estimate of drug-likeness (QED) is 0.860. The molecule has 1 aromatic carbocycles. The first-order valence-electron chi connectivity index (χ1n) is 6.35. The van der Waals surface area contributed by atoms with E-state index in [0.29, 0.717) is 5.69 Å². The van der Waals surface area contributed by atoms with Gasteiger partial charge in [0.25, 0.3) is 0 Å². The summed E-state index contributed by atoms with van der Waals surface area (Å²) in [4.78, 5) is 2.64. The number of thiophene rings is 1. The van der Waals surface area contributed by atoms with Crippen molar-refractivity contribution in [3.05, 3.63) is 46.2 Å². The third-order valence-electron chi connectivity index (χ3n) is 2.70. The Hall–Kier alpha value is -1.53. The zero-order valence-electron chi connectivity index (χ0n) is 11.5. The molecule has 0 unspecified atom stereocenters. The molecule has 0 radical (unpaired) electrons. The lowest BCUT2D eigenvalue weighted by atomic mass is 10.3. The molecule has 0 saturated carbocycles. The highest BCUT2D eigenvalue weighted by atomic mass is 32.2. The lowest BCUT2D eigenvalue weighted by Crippen LogP contribution is -2.09. The van der Waals surface area contributed by atoms with Gasteiger partial charge in [0, 0.05) is 22.0 Å². The van der Waals surface area contributed by atoms with Crippen LogP contribution < -0.4 is 10.0 Å².